The first kappa shape index (κ1) is 16.5. The summed E-state index contributed by atoms with van der Waals surface area (Å²) in [6.45, 7) is 9.11. The van der Waals surface area contributed by atoms with E-state index in [9.17, 15) is 0 Å². The second-order valence-corrected chi connectivity index (χ2v) is 6.80. The van der Waals surface area contributed by atoms with Crippen LogP contribution in [0.5, 0.6) is 0 Å². The molecule has 1 saturated heterocycles. The Balaban J connectivity index is 1.89. The zero-order chi connectivity index (χ0) is 15.2. The first-order valence-corrected chi connectivity index (χ1v) is 8.19. The van der Waals surface area contributed by atoms with E-state index in [4.69, 9.17) is 5.11 Å². The number of hydrogen-bond donors (Lipinski definition) is 1. The lowest BCUT2D eigenvalue weighted by atomic mass is 10.0. The van der Waals surface area contributed by atoms with Crippen LogP contribution in [-0.2, 0) is 13.0 Å². The third-order valence-corrected chi connectivity index (χ3v) is 4.40. The maximum atomic E-state index is 9.17. The van der Waals surface area contributed by atoms with E-state index in [-0.39, 0.29) is 6.61 Å². The monoisotopic (exact) mass is 290 g/mol. The van der Waals surface area contributed by atoms with E-state index < -0.39 is 0 Å². The van der Waals surface area contributed by atoms with Gasteiger partial charge < -0.3 is 10.0 Å². The molecule has 1 heterocycles. The van der Waals surface area contributed by atoms with Crippen molar-refractivity contribution in [2.75, 3.05) is 33.3 Å². The molecule has 2 rings (SSSR count). The van der Waals surface area contributed by atoms with Gasteiger partial charge in [0.15, 0.2) is 0 Å². The molecule has 0 saturated carbocycles. The Morgan fingerprint density at radius 3 is 2.43 bits per heavy atom. The van der Waals surface area contributed by atoms with Gasteiger partial charge >= 0.3 is 0 Å². The van der Waals surface area contributed by atoms with Crippen molar-refractivity contribution in [3.05, 3.63) is 35.4 Å². The highest BCUT2D eigenvalue weighted by molar-refractivity contribution is 5.23. The highest BCUT2D eigenvalue weighted by atomic mass is 16.3. The summed E-state index contributed by atoms with van der Waals surface area (Å²) in [4.78, 5) is 4.89. The average Bonchev–Trinajstić information content (AvgIpc) is 2.44. The molecule has 3 heteroatoms. The Morgan fingerprint density at radius 2 is 1.81 bits per heavy atom. The van der Waals surface area contributed by atoms with E-state index in [2.05, 4.69) is 55.0 Å². The van der Waals surface area contributed by atoms with Gasteiger partial charge in [-0.15, -0.1) is 0 Å². The van der Waals surface area contributed by atoms with Crippen molar-refractivity contribution < 1.29 is 5.11 Å². The van der Waals surface area contributed by atoms with Crippen LogP contribution in [0.4, 0.5) is 0 Å². The predicted octanol–water partition coefficient (Wildman–Crippen LogP) is 2.38. The fourth-order valence-corrected chi connectivity index (χ4v) is 3.13. The standard InChI is InChI=1S/C18H30N2O/c1-15(2)12-16-4-6-17(7-5-16)13-20-10-9-19(3)18(14-20)8-11-21/h4-7,15,18,21H,8-14H2,1-3H3. The van der Waals surface area contributed by atoms with Gasteiger partial charge in [-0.25, -0.2) is 0 Å². The molecule has 1 aliphatic rings. The van der Waals surface area contributed by atoms with E-state index >= 15 is 0 Å². The molecule has 1 atom stereocenters. The molecular weight excluding hydrogens is 260 g/mol. The Hall–Kier alpha value is -0.900. The summed E-state index contributed by atoms with van der Waals surface area (Å²) in [5, 5.41) is 9.17. The number of rotatable bonds is 6. The van der Waals surface area contributed by atoms with Gasteiger partial charge in [-0.2, -0.15) is 0 Å². The fourth-order valence-electron chi connectivity index (χ4n) is 3.13. The molecule has 0 amide bonds. The summed E-state index contributed by atoms with van der Waals surface area (Å²) in [6, 6.07) is 9.59. The van der Waals surface area contributed by atoms with Gasteiger partial charge in [0, 0.05) is 38.8 Å². The van der Waals surface area contributed by atoms with Gasteiger partial charge in [-0.1, -0.05) is 38.1 Å². The lowest BCUT2D eigenvalue weighted by Crippen LogP contribution is -2.51. The Morgan fingerprint density at radius 1 is 1.14 bits per heavy atom. The first-order valence-electron chi connectivity index (χ1n) is 8.19. The van der Waals surface area contributed by atoms with Crippen LogP contribution in [0, 0.1) is 5.92 Å². The van der Waals surface area contributed by atoms with Gasteiger partial charge in [-0.05, 0) is 36.9 Å². The fraction of sp³-hybridized carbons (Fsp3) is 0.667. The van der Waals surface area contributed by atoms with Crippen LogP contribution in [0.1, 0.15) is 31.4 Å². The van der Waals surface area contributed by atoms with Crippen LogP contribution in [0.3, 0.4) is 0 Å². The predicted molar refractivity (Wildman–Crippen MR) is 88.4 cm³/mol. The molecular formula is C18H30N2O. The number of likely N-dealkylation sites (N-methyl/N-ethyl adjacent to an activating group) is 1. The smallest absolute Gasteiger partial charge is 0.0446 e. The topological polar surface area (TPSA) is 26.7 Å². The lowest BCUT2D eigenvalue weighted by molar-refractivity contribution is 0.0743. The Kier molecular flexibility index (Phi) is 6.22. The number of hydrogen-bond acceptors (Lipinski definition) is 3. The molecule has 1 fully saturated rings. The van der Waals surface area contributed by atoms with Crippen LogP contribution >= 0.6 is 0 Å². The van der Waals surface area contributed by atoms with E-state index in [1.807, 2.05) is 0 Å². The molecule has 21 heavy (non-hydrogen) atoms. The maximum Gasteiger partial charge on any atom is 0.0446 e. The molecule has 0 radical (unpaired) electrons. The van der Waals surface area contributed by atoms with E-state index in [1.54, 1.807) is 0 Å². The molecule has 1 aromatic carbocycles. The summed E-state index contributed by atoms with van der Waals surface area (Å²) < 4.78 is 0. The van der Waals surface area contributed by atoms with E-state index in [1.165, 1.54) is 11.1 Å². The van der Waals surface area contributed by atoms with Crippen LogP contribution in [0.15, 0.2) is 24.3 Å². The van der Waals surface area contributed by atoms with Gasteiger partial charge in [0.05, 0.1) is 0 Å². The Bertz CT molecular complexity index is 416. The normalized spacial score (nSPS) is 21.1. The summed E-state index contributed by atoms with van der Waals surface area (Å²) >= 11 is 0. The zero-order valence-electron chi connectivity index (χ0n) is 13.8. The van der Waals surface area contributed by atoms with Gasteiger partial charge in [0.25, 0.3) is 0 Å². The molecule has 1 unspecified atom stereocenters. The van der Waals surface area contributed by atoms with Gasteiger partial charge in [0.1, 0.15) is 0 Å². The summed E-state index contributed by atoms with van der Waals surface area (Å²) in [7, 11) is 2.17. The summed E-state index contributed by atoms with van der Waals surface area (Å²) in [6.07, 6.45) is 2.04. The molecule has 0 aliphatic carbocycles. The maximum absolute atomic E-state index is 9.17. The number of piperazine rings is 1. The first-order chi connectivity index (χ1) is 10.1. The van der Waals surface area contributed by atoms with Crippen LogP contribution in [0.2, 0.25) is 0 Å². The minimum atomic E-state index is 0.284. The second kappa shape index (κ2) is 7.92. The molecule has 3 nitrogen and oxygen atoms in total. The van der Waals surface area contributed by atoms with Crippen LogP contribution in [0.25, 0.3) is 0 Å². The summed E-state index contributed by atoms with van der Waals surface area (Å²) in [5.74, 6) is 0.715. The molecule has 1 aromatic rings. The summed E-state index contributed by atoms with van der Waals surface area (Å²) in [5.41, 5.74) is 2.83. The lowest BCUT2D eigenvalue weighted by Gasteiger charge is -2.39. The average molecular weight is 290 g/mol. The van der Waals surface area contributed by atoms with Crippen molar-refractivity contribution in [3.8, 4) is 0 Å². The second-order valence-electron chi connectivity index (χ2n) is 6.80. The van der Waals surface area contributed by atoms with Crippen molar-refractivity contribution in [1.82, 2.24) is 9.80 Å². The van der Waals surface area contributed by atoms with Crippen LogP contribution in [-0.4, -0.2) is 54.2 Å². The highest BCUT2D eigenvalue weighted by Gasteiger charge is 2.23. The van der Waals surface area contributed by atoms with Crippen molar-refractivity contribution in [2.24, 2.45) is 5.92 Å². The molecule has 0 aromatic heterocycles. The zero-order valence-corrected chi connectivity index (χ0v) is 13.8. The van der Waals surface area contributed by atoms with Gasteiger partial charge in [-0.3, -0.25) is 4.90 Å². The Labute approximate surface area is 129 Å². The van der Waals surface area contributed by atoms with E-state index in [0.717, 1.165) is 39.0 Å². The third kappa shape index (κ3) is 5.10. The SMILES string of the molecule is CC(C)Cc1ccc(CN2CCN(C)C(CCO)C2)cc1. The van der Waals surface area contributed by atoms with Crippen molar-refractivity contribution in [1.29, 1.82) is 0 Å². The minimum Gasteiger partial charge on any atom is -0.396 e. The molecule has 118 valence electrons. The van der Waals surface area contributed by atoms with Crippen molar-refractivity contribution >= 4 is 0 Å². The third-order valence-electron chi connectivity index (χ3n) is 4.40. The highest BCUT2D eigenvalue weighted by Crippen LogP contribution is 2.15. The van der Waals surface area contributed by atoms with Crippen molar-refractivity contribution in [2.45, 2.75) is 39.3 Å². The number of benzene rings is 1. The van der Waals surface area contributed by atoms with Crippen LogP contribution < -0.4 is 0 Å². The molecule has 0 spiro atoms. The largest absolute Gasteiger partial charge is 0.396 e. The van der Waals surface area contributed by atoms with E-state index in [0.29, 0.717) is 12.0 Å². The number of nitrogens with zero attached hydrogens (tertiary/aromatic N) is 2. The molecule has 1 aliphatic heterocycles. The minimum absolute atomic E-state index is 0.284. The number of aliphatic hydroxyl groups is 1. The number of aliphatic hydroxyl groups excluding tert-OH is 1. The quantitative estimate of drug-likeness (QED) is 0.871. The molecule has 1 N–H and O–H groups in total. The molecule has 0 bridgehead atoms. The van der Waals surface area contributed by atoms with Gasteiger partial charge in [0.2, 0.25) is 0 Å². The van der Waals surface area contributed by atoms with Crippen molar-refractivity contribution in [3.63, 3.8) is 0 Å².